The number of aliphatic hydroxyl groups excluding tert-OH is 3. The van der Waals surface area contributed by atoms with E-state index in [4.69, 9.17) is 31.4 Å². The molecule has 12 atom stereocenters. The van der Waals surface area contributed by atoms with E-state index in [1.54, 1.807) is 14.0 Å². The fourth-order valence-corrected chi connectivity index (χ4v) is 7.33. The molecular formula is C29H53N7O8. The summed E-state index contributed by atoms with van der Waals surface area (Å²) in [6, 6.07) is -2.41. The molecule has 5 rings (SSSR count). The van der Waals surface area contributed by atoms with Crippen molar-refractivity contribution in [2.75, 3.05) is 39.8 Å². The molecule has 15 nitrogen and oxygen atoms in total. The van der Waals surface area contributed by atoms with Crippen LogP contribution in [-0.2, 0) is 19.0 Å². The van der Waals surface area contributed by atoms with Gasteiger partial charge in [0.05, 0.1) is 31.3 Å². The molecule has 2 saturated carbocycles. The maximum Gasteiger partial charge on any atom is 0.249 e. The Hall–Kier alpha value is -1.47. The van der Waals surface area contributed by atoms with Crippen LogP contribution in [0, 0.1) is 17.8 Å². The van der Waals surface area contributed by atoms with E-state index in [0.717, 1.165) is 25.1 Å². The van der Waals surface area contributed by atoms with Crippen LogP contribution in [-0.4, -0.2) is 139 Å². The Bertz CT molecular complexity index is 1010. The lowest BCUT2D eigenvalue weighted by Crippen LogP contribution is -2.70. The van der Waals surface area contributed by atoms with Crippen molar-refractivity contribution < 1.29 is 39.4 Å². The molecule has 2 aliphatic carbocycles. The summed E-state index contributed by atoms with van der Waals surface area (Å²) in [6.07, 6.45) is -2.12. The van der Waals surface area contributed by atoms with Crippen molar-refractivity contribution in [3.63, 3.8) is 0 Å². The van der Waals surface area contributed by atoms with Gasteiger partial charge in [-0.2, -0.15) is 0 Å². The molecule has 0 spiro atoms. The van der Waals surface area contributed by atoms with Gasteiger partial charge in [0.1, 0.15) is 35.8 Å². The summed E-state index contributed by atoms with van der Waals surface area (Å²) in [4.78, 5) is 13.1. The minimum atomic E-state index is -1.37. The van der Waals surface area contributed by atoms with Gasteiger partial charge in [0.25, 0.3) is 0 Å². The van der Waals surface area contributed by atoms with Crippen LogP contribution in [0.1, 0.15) is 32.6 Å². The summed E-state index contributed by atoms with van der Waals surface area (Å²) in [5, 5.41) is 56.5. The molecule has 0 aromatic rings. The van der Waals surface area contributed by atoms with Crippen molar-refractivity contribution in [1.29, 1.82) is 0 Å². The van der Waals surface area contributed by atoms with Gasteiger partial charge >= 0.3 is 0 Å². The molecule has 3 aliphatic heterocycles. The number of aliphatic hydroxyl groups is 4. The highest BCUT2D eigenvalue weighted by Crippen LogP contribution is 2.37. The molecule has 0 radical (unpaired) electrons. The first-order valence-corrected chi connectivity index (χ1v) is 15.9. The minimum Gasteiger partial charge on any atom is -0.492 e. The van der Waals surface area contributed by atoms with Crippen LogP contribution in [0.15, 0.2) is 11.8 Å². The smallest absolute Gasteiger partial charge is 0.249 e. The standard InChI is InChI=1S/C29H53N7O8/c1-29(41)12-42-28(23(39)26(29)33-2)44-25-19(36-27(40)21(37)14-9-35-10-14)7-18(32)20(22(25)38)24-17(31)4-3-16(43-24)11-34-8-13-5-15(30)6-13/h3,13-15,17-26,28,33-35,37-39,41H,4-12,30-32H2,1-2H3,(H,36,40)/t13?,15?,17-,18+,19-,20-,21?,22+,23-,24?,25+,26-,28-,29+/m1/s1. The zero-order valence-corrected chi connectivity index (χ0v) is 25.7. The number of ether oxygens (including phenoxy) is 3. The van der Waals surface area contributed by atoms with Gasteiger partial charge in [0.15, 0.2) is 6.29 Å². The Kier molecular flexibility index (Phi) is 10.9. The van der Waals surface area contributed by atoms with Gasteiger partial charge in [0.2, 0.25) is 5.91 Å². The zero-order chi connectivity index (χ0) is 31.8. The molecule has 0 aromatic carbocycles. The Morgan fingerprint density at radius 2 is 1.91 bits per heavy atom. The maximum absolute atomic E-state index is 13.1. The third-order valence-electron chi connectivity index (χ3n) is 10.1. The number of nitrogens with one attached hydrogen (secondary N) is 4. The lowest BCUT2D eigenvalue weighted by molar-refractivity contribution is -0.297. The molecule has 1 amide bonds. The predicted octanol–water partition coefficient (Wildman–Crippen LogP) is -4.47. The van der Waals surface area contributed by atoms with E-state index >= 15 is 0 Å². The summed E-state index contributed by atoms with van der Waals surface area (Å²) < 4.78 is 18.3. The van der Waals surface area contributed by atoms with E-state index in [-0.39, 0.29) is 25.0 Å². The zero-order valence-electron chi connectivity index (χ0n) is 25.7. The van der Waals surface area contributed by atoms with Gasteiger partial charge in [0, 0.05) is 43.1 Å². The first-order valence-electron chi connectivity index (χ1n) is 15.9. The predicted molar refractivity (Wildman–Crippen MR) is 160 cm³/mol. The fourth-order valence-electron chi connectivity index (χ4n) is 7.33. The number of hydrogen-bond donors (Lipinski definition) is 11. The first kappa shape index (κ1) is 33.9. The highest BCUT2D eigenvalue weighted by atomic mass is 16.7. The Labute approximate surface area is 258 Å². The summed E-state index contributed by atoms with van der Waals surface area (Å²) >= 11 is 0. The highest BCUT2D eigenvalue weighted by Gasteiger charge is 2.53. The summed E-state index contributed by atoms with van der Waals surface area (Å²) in [5.74, 6) is -0.229. The summed E-state index contributed by atoms with van der Waals surface area (Å²) in [5.41, 5.74) is 17.7. The Balaban J connectivity index is 1.30. The SMILES string of the molecule is CN[C@@H]1[C@@H](O)[C@@H](O[C@@H]2[C@@H](O)[C@H](C3OC(CNCC4CC(N)C4)=CC[C@H]3N)[C@@H](N)C[C@H]2NC(=O)C(O)C2CNC2)OC[C@]1(C)O. The topological polar surface area (TPSA) is 252 Å². The quantitative estimate of drug-likeness (QED) is 0.103. The van der Waals surface area contributed by atoms with Gasteiger partial charge in [-0.25, -0.2) is 0 Å². The van der Waals surface area contributed by atoms with Gasteiger partial charge < -0.3 is 73.1 Å². The lowest BCUT2D eigenvalue weighted by Gasteiger charge is -2.50. The van der Waals surface area contributed by atoms with E-state index in [1.807, 2.05) is 6.08 Å². The van der Waals surface area contributed by atoms with Crippen LogP contribution < -0.4 is 38.5 Å². The Morgan fingerprint density at radius 1 is 1.18 bits per heavy atom. The van der Waals surface area contributed by atoms with Crippen molar-refractivity contribution in [2.45, 2.75) is 105 Å². The number of carbonyl (C=O) groups excluding carboxylic acids is 1. The average molecular weight is 628 g/mol. The number of amides is 1. The number of nitrogens with two attached hydrogens (primary N) is 3. The van der Waals surface area contributed by atoms with Crippen LogP contribution in [0.4, 0.5) is 0 Å². The molecule has 2 saturated heterocycles. The van der Waals surface area contributed by atoms with Crippen molar-refractivity contribution in [3.8, 4) is 0 Å². The van der Waals surface area contributed by atoms with E-state index < -0.39 is 78.4 Å². The van der Waals surface area contributed by atoms with E-state index in [1.165, 1.54) is 0 Å². The molecule has 2 unspecified atom stereocenters. The summed E-state index contributed by atoms with van der Waals surface area (Å²) in [6.45, 7) is 3.79. The molecule has 0 bridgehead atoms. The number of hydrogen-bond acceptors (Lipinski definition) is 14. The molecule has 44 heavy (non-hydrogen) atoms. The fraction of sp³-hybridized carbons (Fsp3) is 0.897. The third kappa shape index (κ3) is 7.24. The van der Waals surface area contributed by atoms with Crippen molar-refractivity contribution >= 4 is 5.91 Å². The largest absolute Gasteiger partial charge is 0.492 e. The van der Waals surface area contributed by atoms with Crippen LogP contribution in [0.2, 0.25) is 0 Å². The van der Waals surface area contributed by atoms with Crippen molar-refractivity contribution in [3.05, 3.63) is 11.8 Å². The van der Waals surface area contributed by atoms with E-state index in [0.29, 0.717) is 32.0 Å². The first-order chi connectivity index (χ1) is 20.9. The van der Waals surface area contributed by atoms with Gasteiger partial charge in [-0.1, -0.05) is 0 Å². The monoisotopic (exact) mass is 627 g/mol. The molecule has 252 valence electrons. The van der Waals surface area contributed by atoms with Gasteiger partial charge in [-0.15, -0.1) is 0 Å². The van der Waals surface area contributed by atoms with Crippen LogP contribution in [0.3, 0.4) is 0 Å². The van der Waals surface area contributed by atoms with Gasteiger partial charge in [-0.3, -0.25) is 4.79 Å². The lowest BCUT2D eigenvalue weighted by atomic mass is 9.72. The Morgan fingerprint density at radius 3 is 2.55 bits per heavy atom. The number of carbonyl (C=O) groups is 1. The molecule has 14 N–H and O–H groups in total. The second kappa shape index (κ2) is 14.1. The number of likely N-dealkylation sites (N-methyl/N-ethyl adjacent to an activating group) is 1. The van der Waals surface area contributed by atoms with E-state index in [2.05, 4.69) is 21.3 Å². The highest BCUT2D eigenvalue weighted by molar-refractivity contribution is 5.81. The van der Waals surface area contributed by atoms with Gasteiger partial charge in [-0.05, 0) is 58.2 Å². The van der Waals surface area contributed by atoms with E-state index in [9.17, 15) is 25.2 Å². The third-order valence-corrected chi connectivity index (χ3v) is 10.1. The number of rotatable bonds is 11. The molecular weight excluding hydrogens is 574 g/mol. The second-order valence-electron chi connectivity index (χ2n) is 13.7. The second-order valence-corrected chi connectivity index (χ2v) is 13.7. The maximum atomic E-state index is 13.1. The minimum absolute atomic E-state index is 0.138. The van der Waals surface area contributed by atoms with Crippen LogP contribution in [0.5, 0.6) is 0 Å². The summed E-state index contributed by atoms with van der Waals surface area (Å²) in [7, 11) is 1.61. The molecule has 0 aromatic heterocycles. The molecule has 15 heteroatoms. The molecule has 4 fully saturated rings. The molecule has 5 aliphatic rings. The van der Waals surface area contributed by atoms with Crippen molar-refractivity contribution in [2.24, 2.45) is 35.0 Å². The van der Waals surface area contributed by atoms with Crippen molar-refractivity contribution in [1.82, 2.24) is 21.3 Å². The normalized spacial score (nSPS) is 45.3. The van der Waals surface area contributed by atoms with Crippen LogP contribution >= 0.6 is 0 Å². The average Bonchev–Trinajstić information content (AvgIpc) is 2.91. The van der Waals surface area contributed by atoms with Crippen LogP contribution in [0.25, 0.3) is 0 Å². The molecule has 3 heterocycles.